The molecule has 4 heteroatoms. The van der Waals surface area contributed by atoms with Gasteiger partial charge >= 0.3 is 0 Å². The topological polar surface area (TPSA) is 42.0 Å². The number of carbonyl (C=O) groups is 1. The van der Waals surface area contributed by atoms with Crippen LogP contribution in [0.25, 0.3) is 0 Å². The zero-order chi connectivity index (χ0) is 11.5. The van der Waals surface area contributed by atoms with Crippen molar-refractivity contribution < 1.29 is 4.79 Å². The molecule has 1 saturated carbocycles. The van der Waals surface area contributed by atoms with Gasteiger partial charge in [-0.2, -0.15) is 0 Å². The molecule has 2 rings (SSSR count). The van der Waals surface area contributed by atoms with E-state index in [1.165, 1.54) is 6.42 Å². The molecule has 0 radical (unpaired) electrons. The third-order valence-corrected chi connectivity index (χ3v) is 3.43. The number of pyridine rings is 1. The predicted octanol–water partition coefficient (Wildman–Crippen LogP) is 2.76. The molecule has 0 saturated heterocycles. The third-order valence-electron chi connectivity index (χ3n) is 3.00. The summed E-state index contributed by atoms with van der Waals surface area (Å²) in [5, 5.41) is 3.05. The molecule has 1 aromatic heterocycles. The Balaban J connectivity index is 1.98. The molecule has 1 heterocycles. The van der Waals surface area contributed by atoms with Crippen molar-refractivity contribution in [3.63, 3.8) is 0 Å². The number of halogens is 1. The van der Waals surface area contributed by atoms with E-state index in [-0.39, 0.29) is 5.91 Å². The highest BCUT2D eigenvalue weighted by atomic mass is 79.9. The van der Waals surface area contributed by atoms with Crippen LogP contribution in [0.1, 0.15) is 36.5 Å². The highest BCUT2D eigenvalue weighted by Crippen LogP contribution is 2.24. The summed E-state index contributed by atoms with van der Waals surface area (Å²) >= 11 is 3.31. The second kappa shape index (κ2) is 4.95. The van der Waals surface area contributed by atoms with Gasteiger partial charge in [0, 0.05) is 22.9 Å². The van der Waals surface area contributed by atoms with E-state index >= 15 is 0 Å². The van der Waals surface area contributed by atoms with Gasteiger partial charge in [0.2, 0.25) is 0 Å². The maximum Gasteiger partial charge on any atom is 0.253 e. The SMILES string of the molecule is CC1CCC(NC(=O)c2cncc(Br)c2)C1. The van der Waals surface area contributed by atoms with Crippen LogP contribution >= 0.6 is 15.9 Å². The molecule has 16 heavy (non-hydrogen) atoms. The van der Waals surface area contributed by atoms with Gasteiger partial charge in [-0.25, -0.2) is 0 Å². The van der Waals surface area contributed by atoms with E-state index in [0.717, 1.165) is 23.2 Å². The Labute approximate surface area is 104 Å². The molecular formula is C12H15BrN2O. The summed E-state index contributed by atoms with van der Waals surface area (Å²) in [6.07, 6.45) is 6.66. The Bertz CT molecular complexity index is 394. The van der Waals surface area contributed by atoms with Crippen LogP contribution in [-0.4, -0.2) is 16.9 Å². The van der Waals surface area contributed by atoms with Crippen molar-refractivity contribution >= 4 is 21.8 Å². The fourth-order valence-electron chi connectivity index (χ4n) is 2.14. The lowest BCUT2D eigenvalue weighted by atomic mass is 10.1. The molecule has 1 aliphatic carbocycles. The summed E-state index contributed by atoms with van der Waals surface area (Å²) in [4.78, 5) is 15.9. The van der Waals surface area contributed by atoms with Crippen LogP contribution in [0, 0.1) is 5.92 Å². The monoisotopic (exact) mass is 282 g/mol. The number of rotatable bonds is 2. The van der Waals surface area contributed by atoms with Crippen LogP contribution in [0.2, 0.25) is 0 Å². The highest BCUT2D eigenvalue weighted by molar-refractivity contribution is 9.10. The molecule has 0 spiro atoms. The summed E-state index contributed by atoms with van der Waals surface area (Å²) in [5.41, 5.74) is 0.619. The van der Waals surface area contributed by atoms with Gasteiger partial charge in [-0.1, -0.05) is 6.92 Å². The van der Waals surface area contributed by atoms with Gasteiger partial charge in [-0.3, -0.25) is 9.78 Å². The molecule has 3 nitrogen and oxygen atoms in total. The van der Waals surface area contributed by atoms with Gasteiger partial charge in [-0.05, 0) is 47.2 Å². The van der Waals surface area contributed by atoms with E-state index in [0.29, 0.717) is 11.6 Å². The molecule has 1 aliphatic rings. The fourth-order valence-corrected chi connectivity index (χ4v) is 2.51. The van der Waals surface area contributed by atoms with E-state index < -0.39 is 0 Å². The average molecular weight is 283 g/mol. The molecule has 1 aromatic rings. The molecule has 2 atom stereocenters. The lowest BCUT2D eigenvalue weighted by molar-refractivity contribution is 0.0937. The standard InChI is InChI=1S/C12H15BrN2O/c1-8-2-3-11(4-8)15-12(16)9-5-10(13)7-14-6-9/h5-8,11H,2-4H2,1H3,(H,15,16). The molecule has 1 amide bonds. The summed E-state index contributed by atoms with van der Waals surface area (Å²) < 4.78 is 0.833. The summed E-state index contributed by atoms with van der Waals surface area (Å²) in [6, 6.07) is 2.13. The minimum atomic E-state index is -0.0205. The molecule has 0 bridgehead atoms. The molecule has 1 N–H and O–H groups in total. The average Bonchev–Trinajstić information content (AvgIpc) is 2.64. The maximum absolute atomic E-state index is 11.9. The zero-order valence-corrected chi connectivity index (χ0v) is 10.8. The molecule has 0 aliphatic heterocycles. The van der Waals surface area contributed by atoms with Crippen molar-refractivity contribution in [2.45, 2.75) is 32.2 Å². The number of carbonyl (C=O) groups excluding carboxylic acids is 1. The summed E-state index contributed by atoms with van der Waals surface area (Å²) in [6.45, 7) is 2.23. The van der Waals surface area contributed by atoms with Gasteiger partial charge < -0.3 is 5.32 Å². The highest BCUT2D eigenvalue weighted by Gasteiger charge is 2.23. The van der Waals surface area contributed by atoms with Crippen LogP contribution in [0.3, 0.4) is 0 Å². The number of hydrogen-bond donors (Lipinski definition) is 1. The largest absolute Gasteiger partial charge is 0.349 e. The van der Waals surface area contributed by atoms with Gasteiger partial charge in [0.05, 0.1) is 5.56 Å². The normalized spacial score (nSPS) is 24.4. The number of aromatic nitrogens is 1. The van der Waals surface area contributed by atoms with Crippen molar-refractivity contribution in [2.24, 2.45) is 5.92 Å². The lowest BCUT2D eigenvalue weighted by Gasteiger charge is -2.12. The predicted molar refractivity (Wildman–Crippen MR) is 66.2 cm³/mol. The van der Waals surface area contributed by atoms with Gasteiger partial charge in [0.1, 0.15) is 0 Å². The Kier molecular flexibility index (Phi) is 3.59. The van der Waals surface area contributed by atoms with Gasteiger partial charge in [-0.15, -0.1) is 0 Å². The van der Waals surface area contributed by atoms with Crippen LogP contribution in [0.4, 0.5) is 0 Å². The van der Waals surface area contributed by atoms with E-state index in [4.69, 9.17) is 0 Å². The van der Waals surface area contributed by atoms with Crippen molar-refractivity contribution in [3.05, 3.63) is 28.5 Å². The van der Waals surface area contributed by atoms with Gasteiger partial charge in [0.15, 0.2) is 0 Å². The smallest absolute Gasteiger partial charge is 0.253 e. The number of hydrogen-bond acceptors (Lipinski definition) is 2. The van der Waals surface area contributed by atoms with Crippen LogP contribution in [-0.2, 0) is 0 Å². The maximum atomic E-state index is 11.9. The van der Waals surface area contributed by atoms with E-state index in [1.54, 1.807) is 18.5 Å². The third kappa shape index (κ3) is 2.82. The minimum absolute atomic E-state index is 0.0205. The first-order valence-corrected chi connectivity index (χ1v) is 6.36. The molecular weight excluding hydrogens is 268 g/mol. The fraction of sp³-hybridized carbons (Fsp3) is 0.500. The van der Waals surface area contributed by atoms with E-state index in [1.807, 2.05) is 0 Å². The van der Waals surface area contributed by atoms with Crippen LogP contribution < -0.4 is 5.32 Å². The number of nitrogens with zero attached hydrogens (tertiary/aromatic N) is 1. The second-order valence-corrected chi connectivity index (χ2v) is 5.40. The molecule has 2 unspecified atom stereocenters. The van der Waals surface area contributed by atoms with Crippen molar-refractivity contribution in [1.29, 1.82) is 0 Å². The van der Waals surface area contributed by atoms with Crippen molar-refractivity contribution in [3.8, 4) is 0 Å². The number of nitrogens with one attached hydrogen (secondary N) is 1. The number of amides is 1. The Hall–Kier alpha value is -0.900. The zero-order valence-electron chi connectivity index (χ0n) is 9.24. The van der Waals surface area contributed by atoms with Crippen molar-refractivity contribution in [1.82, 2.24) is 10.3 Å². The van der Waals surface area contributed by atoms with E-state index in [2.05, 4.69) is 33.2 Å². The second-order valence-electron chi connectivity index (χ2n) is 4.48. The molecule has 86 valence electrons. The molecule has 1 fully saturated rings. The summed E-state index contributed by atoms with van der Waals surface area (Å²) in [7, 11) is 0. The quantitative estimate of drug-likeness (QED) is 0.906. The molecule has 0 aromatic carbocycles. The van der Waals surface area contributed by atoms with E-state index in [9.17, 15) is 4.79 Å². The Morgan fingerprint density at radius 2 is 2.31 bits per heavy atom. The lowest BCUT2D eigenvalue weighted by Crippen LogP contribution is -2.32. The first-order valence-electron chi connectivity index (χ1n) is 5.56. The first kappa shape index (κ1) is 11.6. The van der Waals surface area contributed by atoms with Crippen LogP contribution in [0.5, 0.6) is 0 Å². The first-order chi connectivity index (χ1) is 7.65. The van der Waals surface area contributed by atoms with Crippen LogP contribution in [0.15, 0.2) is 22.9 Å². The minimum Gasteiger partial charge on any atom is -0.349 e. The summed E-state index contributed by atoms with van der Waals surface area (Å²) in [5.74, 6) is 0.707. The van der Waals surface area contributed by atoms with Gasteiger partial charge in [0.25, 0.3) is 5.91 Å². The van der Waals surface area contributed by atoms with Crippen molar-refractivity contribution in [2.75, 3.05) is 0 Å². The Morgan fingerprint density at radius 1 is 1.50 bits per heavy atom. The Morgan fingerprint density at radius 3 is 2.94 bits per heavy atom.